The number of nitrogens with zero attached hydrogens (tertiary/aromatic N) is 3. The van der Waals surface area contributed by atoms with Gasteiger partial charge >= 0.3 is 0 Å². The van der Waals surface area contributed by atoms with Crippen molar-refractivity contribution in [1.82, 2.24) is 0 Å². The molecular weight excluding hydrogens is 440 g/mol. The number of benzene rings is 2. The first kappa shape index (κ1) is 22.2. The van der Waals surface area contributed by atoms with Crippen molar-refractivity contribution in [3.05, 3.63) is 90.7 Å². The predicted molar refractivity (Wildman–Crippen MR) is 116 cm³/mol. The summed E-state index contributed by atoms with van der Waals surface area (Å²) in [7, 11) is 0. The van der Waals surface area contributed by atoms with Crippen LogP contribution in [0.25, 0.3) is 17.4 Å². The Morgan fingerprint density at radius 3 is 2.38 bits per heavy atom. The zero-order chi connectivity index (χ0) is 23.4. The van der Waals surface area contributed by atoms with Crippen LogP contribution in [0.15, 0.2) is 58.5 Å². The maximum Gasteiger partial charge on any atom is 0.271 e. The van der Waals surface area contributed by atoms with Gasteiger partial charge in [0.25, 0.3) is 17.3 Å². The Kier molecular flexibility index (Phi) is 6.32. The molecule has 11 heteroatoms. The Morgan fingerprint density at radius 2 is 1.75 bits per heavy atom. The number of hydrogen-bond donors (Lipinski definition) is 1. The number of nitriles is 1. The van der Waals surface area contributed by atoms with Crippen molar-refractivity contribution in [3.8, 4) is 17.4 Å². The van der Waals surface area contributed by atoms with E-state index >= 15 is 0 Å². The van der Waals surface area contributed by atoms with Crippen molar-refractivity contribution in [2.45, 2.75) is 6.92 Å². The number of nitro groups is 2. The minimum atomic E-state index is -0.834. The molecule has 1 N–H and O–H groups in total. The highest BCUT2D eigenvalue weighted by Gasteiger charge is 2.16. The number of anilines is 1. The van der Waals surface area contributed by atoms with Gasteiger partial charge in [-0.2, -0.15) is 5.26 Å². The summed E-state index contributed by atoms with van der Waals surface area (Å²) in [6, 6.07) is 12.7. The second-order valence-electron chi connectivity index (χ2n) is 6.50. The number of carbonyl (C=O) groups excluding carboxylic acids is 1. The van der Waals surface area contributed by atoms with Crippen LogP contribution >= 0.6 is 11.6 Å². The summed E-state index contributed by atoms with van der Waals surface area (Å²) in [5.74, 6) is -0.253. The van der Waals surface area contributed by atoms with Gasteiger partial charge in [-0.1, -0.05) is 11.6 Å². The lowest BCUT2D eigenvalue weighted by molar-refractivity contribution is -0.385. The van der Waals surface area contributed by atoms with E-state index in [1.54, 1.807) is 25.1 Å². The fraction of sp³-hybridized carbons (Fsp3) is 0.0476. The quantitative estimate of drug-likeness (QED) is 0.231. The minimum absolute atomic E-state index is 0.0198. The van der Waals surface area contributed by atoms with E-state index in [-0.39, 0.29) is 33.4 Å². The maximum absolute atomic E-state index is 12.5. The number of nitrogens with one attached hydrogen (secondary N) is 1. The van der Waals surface area contributed by atoms with Crippen molar-refractivity contribution >= 4 is 40.6 Å². The molecule has 0 fully saturated rings. The maximum atomic E-state index is 12.5. The van der Waals surface area contributed by atoms with E-state index in [9.17, 15) is 30.3 Å². The van der Waals surface area contributed by atoms with Gasteiger partial charge in [-0.25, -0.2) is 0 Å². The molecule has 32 heavy (non-hydrogen) atoms. The molecule has 3 aromatic rings. The molecule has 0 aliphatic rings. The van der Waals surface area contributed by atoms with Gasteiger partial charge in [0.05, 0.1) is 20.6 Å². The summed E-state index contributed by atoms with van der Waals surface area (Å²) >= 11 is 5.97. The first-order valence-electron chi connectivity index (χ1n) is 8.92. The Balaban J connectivity index is 1.85. The molecule has 1 amide bonds. The first-order chi connectivity index (χ1) is 15.2. The van der Waals surface area contributed by atoms with Gasteiger partial charge in [-0.05, 0) is 36.8 Å². The number of halogens is 1. The number of furan rings is 1. The molecule has 0 saturated carbocycles. The predicted octanol–water partition coefficient (Wildman–Crippen LogP) is 5.27. The van der Waals surface area contributed by atoms with E-state index in [4.69, 9.17) is 16.0 Å². The summed E-state index contributed by atoms with van der Waals surface area (Å²) < 4.78 is 5.67. The lowest BCUT2D eigenvalue weighted by Crippen LogP contribution is -2.13. The van der Waals surface area contributed by atoms with Crippen LogP contribution in [0.5, 0.6) is 0 Å². The van der Waals surface area contributed by atoms with Crippen LogP contribution in [0.4, 0.5) is 17.1 Å². The van der Waals surface area contributed by atoms with E-state index in [1.165, 1.54) is 36.4 Å². The zero-order valence-electron chi connectivity index (χ0n) is 16.4. The number of non-ortho nitro benzene ring substituents is 2. The summed E-state index contributed by atoms with van der Waals surface area (Å²) in [6.45, 7) is 1.69. The van der Waals surface area contributed by atoms with E-state index < -0.39 is 15.8 Å². The van der Waals surface area contributed by atoms with Crippen LogP contribution in [-0.4, -0.2) is 15.8 Å². The average molecular weight is 453 g/mol. The summed E-state index contributed by atoms with van der Waals surface area (Å²) in [6.07, 6.45) is 1.20. The number of rotatable bonds is 6. The van der Waals surface area contributed by atoms with Gasteiger partial charge in [0.15, 0.2) is 0 Å². The van der Waals surface area contributed by atoms with Crippen LogP contribution in [0.1, 0.15) is 11.3 Å². The minimum Gasteiger partial charge on any atom is -0.457 e. The van der Waals surface area contributed by atoms with Crippen molar-refractivity contribution in [2.24, 2.45) is 0 Å². The number of carbonyl (C=O) groups is 1. The number of amides is 1. The number of nitro benzene ring substituents is 2. The molecule has 0 spiro atoms. The van der Waals surface area contributed by atoms with Crippen molar-refractivity contribution in [1.29, 1.82) is 5.26 Å². The van der Waals surface area contributed by atoms with E-state index in [2.05, 4.69) is 5.32 Å². The van der Waals surface area contributed by atoms with E-state index in [1.807, 2.05) is 0 Å². The van der Waals surface area contributed by atoms with E-state index in [0.29, 0.717) is 16.9 Å². The molecule has 1 aromatic heterocycles. The Morgan fingerprint density at radius 1 is 1.09 bits per heavy atom. The Hall–Kier alpha value is -4.49. The van der Waals surface area contributed by atoms with E-state index in [0.717, 1.165) is 6.07 Å². The molecular formula is C21H13ClN4O6. The normalized spacial score (nSPS) is 11.0. The second-order valence-corrected chi connectivity index (χ2v) is 6.91. The lowest BCUT2D eigenvalue weighted by Gasteiger charge is -2.06. The monoisotopic (exact) mass is 452 g/mol. The molecule has 0 aliphatic heterocycles. The van der Waals surface area contributed by atoms with Crippen LogP contribution in [-0.2, 0) is 4.79 Å². The third-order valence-electron chi connectivity index (χ3n) is 4.37. The highest BCUT2D eigenvalue weighted by molar-refractivity contribution is 6.34. The molecule has 0 unspecified atom stereocenters. The van der Waals surface area contributed by atoms with Gasteiger partial charge in [-0.3, -0.25) is 25.0 Å². The molecule has 160 valence electrons. The molecule has 2 aromatic carbocycles. The fourth-order valence-electron chi connectivity index (χ4n) is 2.82. The van der Waals surface area contributed by atoms with Gasteiger partial charge < -0.3 is 9.73 Å². The topological polar surface area (TPSA) is 152 Å². The second kappa shape index (κ2) is 9.11. The van der Waals surface area contributed by atoms with Crippen molar-refractivity contribution < 1.29 is 19.1 Å². The molecule has 0 radical (unpaired) electrons. The highest BCUT2D eigenvalue weighted by Crippen LogP contribution is 2.30. The highest BCUT2D eigenvalue weighted by atomic mass is 35.5. The van der Waals surface area contributed by atoms with Gasteiger partial charge in [0.1, 0.15) is 23.2 Å². The molecule has 3 rings (SSSR count). The first-order valence-corrected chi connectivity index (χ1v) is 9.29. The third kappa shape index (κ3) is 4.80. The smallest absolute Gasteiger partial charge is 0.271 e. The van der Waals surface area contributed by atoms with Gasteiger partial charge in [0, 0.05) is 35.9 Å². The van der Waals surface area contributed by atoms with Gasteiger partial charge in [0.2, 0.25) is 0 Å². The molecule has 0 saturated heterocycles. The molecule has 10 nitrogen and oxygen atoms in total. The zero-order valence-corrected chi connectivity index (χ0v) is 17.1. The average Bonchev–Trinajstić information content (AvgIpc) is 3.21. The number of hydrogen-bond acceptors (Lipinski definition) is 7. The van der Waals surface area contributed by atoms with Crippen molar-refractivity contribution in [2.75, 3.05) is 5.32 Å². The van der Waals surface area contributed by atoms with Gasteiger partial charge in [-0.15, -0.1) is 0 Å². The van der Waals surface area contributed by atoms with Crippen molar-refractivity contribution in [3.63, 3.8) is 0 Å². The summed E-state index contributed by atoms with van der Waals surface area (Å²) in [5.41, 5.74) is 0.550. The molecule has 0 bridgehead atoms. The van der Waals surface area contributed by atoms with Crippen LogP contribution < -0.4 is 5.32 Å². The standard InChI is InChI=1S/C21H13ClN4O6/c1-12-8-14(25(28)29)2-5-17(12)20-7-4-16(32-20)9-13(11-23)21(27)24-19-10-15(26(30)31)3-6-18(19)22/h2-10H,1H3,(H,24,27)/b13-9+. The van der Waals surface area contributed by atoms with Crippen LogP contribution in [0, 0.1) is 38.5 Å². The summed E-state index contributed by atoms with van der Waals surface area (Å²) in [5, 5.41) is 33.6. The summed E-state index contributed by atoms with van der Waals surface area (Å²) in [4.78, 5) is 33.1. The fourth-order valence-corrected chi connectivity index (χ4v) is 2.98. The third-order valence-corrected chi connectivity index (χ3v) is 4.70. The Bertz CT molecular complexity index is 1320. The molecule has 1 heterocycles. The molecule has 0 aliphatic carbocycles. The lowest BCUT2D eigenvalue weighted by atomic mass is 10.1. The number of aryl methyl sites for hydroxylation is 1. The largest absolute Gasteiger partial charge is 0.457 e. The Labute approximate surface area is 185 Å². The SMILES string of the molecule is Cc1cc([N+](=O)[O-])ccc1-c1ccc(/C=C(\C#N)C(=O)Nc2cc([N+](=O)[O-])ccc2Cl)o1. The molecule has 0 atom stereocenters. The van der Waals surface area contributed by atoms with Crippen LogP contribution in [0.3, 0.4) is 0 Å². The van der Waals surface area contributed by atoms with Crippen LogP contribution in [0.2, 0.25) is 5.02 Å².